The lowest BCUT2D eigenvalue weighted by atomic mass is 9.97. The van der Waals surface area contributed by atoms with Crippen LogP contribution >= 0.6 is 0 Å². The van der Waals surface area contributed by atoms with Gasteiger partial charge in [0.05, 0.1) is 0 Å². The molecule has 3 heterocycles. The van der Waals surface area contributed by atoms with Crippen molar-refractivity contribution in [1.29, 1.82) is 0 Å². The summed E-state index contributed by atoms with van der Waals surface area (Å²) in [4.78, 5) is 47.8. The molecule has 0 saturated carbocycles. The molecular weight excluding hydrogens is 398 g/mol. The number of carbonyl (C=O) groups is 3. The Morgan fingerprint density at radius 2 is 1.90 bits per heavy atom. The molecule has 1 unspecified atom stereocenters. The van der Waals surface area contributed by atoms with Crippen molar-refractivity contribution in [2.75, 3.05) is 64.4 Å². The zero-order valence-electron chi connectivity index (χ0n) is 18.3. The van der Waals surface area contributed by atoms with E-state index in [1.807, 2.05) is 23.1 Å². The summed E-state index contributed by atoms with van der Waals surface area (Å²) in [5, 5.41) is 2.89. The molecule has 0 bridgehead atoms. The van der Waals surface area contributed by atoms with E-state index in [2.05, 4.69) is 15.2 Å². The summed E-state index contributed by atoms with van der Waals surface area (Å²) in [7, 11) is 1.49. The number of piperazine rings is 1. The Kier molecular flexibility index (Phi) is 8.63. The predicted molar refractivity (Wildman–Crippen MR) is 116 cm³/mol. The number of amides is 3. The molecule has 3 amide bonds. The molecule has 2 fully saturated rings. The number of aromatic nitrogens is 1. The molecule has 170 valence electrons. The van der Waals surface area contributed by atoms with Crippen molar-refractivity contribution in [2.45, 2.75) is 25.7 Å². The average molecular weight is 432 g/mol. The normalized spacial score (nSPS) is 21.3. The summed E-state index contributed by atoms with van der Waals surface area (Å²) < 4.78 is 4.95. The van der Waals surface area contributed by atoms with Crippen LogP contribution in [0.1, 0.15) is 25.7 Å². The van der Waals surface area contributed by atoms with E-state index in [9.17, 15) is 14.4 Å². The molecule has 2 aliphatic rings. The molecule has 1 atom stereocenters. The van der Waals surface area contributed by atoms with Gasteiger partial charge in [-0.05, 0) is 31.4 Å². The fourth-order valence-corrected chi connectivity index (χ4v) is 4.16. The maximum atomic E-state index is 13.2. The van der Waals surface area contributed by atoms with Crippen LogP contribution in [0.25, 0.3) is 0 Å². The minimum absolute atomic E-state index is 0.00449. The quantitative estimate of drug-likeness (QED) is 0.747. The average Bonchev–Trinajstić information content (AvgIpc) is 2.84. The molecule has 9 heteroatoms. The van der Waals surface area contributed by atoms with Crippen molar-refractivity contribution in [2.24, 2.45) is 5.92 Å². The van der Waals surface area contributed by atoms with Crippen molar-refractivity contribution in [3.8, 4) is 0 Å². The molecule has 0 aliphatic carbocycles. The van der Waals surface area contributed by atoms with Gasteiger partial charge >= 0.3 is 0 Å². The van der Waals surface area contributed by atoms with E-state index >= 15 is 0 Å². The Labute approximate surface area is 183 Å². The molecule has 2 aliphatic heterocycles. The molecule has 0 aromatic carbocycles. The smallest absolute Gasteiger partial charge is 0.248 e. The number of hydrogen-bond donors (Lipinski definition) is 1. The van der Waals surface area contributed by atoms with Crippen LogP contribution in [-0.4, -0.2) is 92.0 Å². The number of pyridine rings is 1. The maximum Gasteiger partial charge on any atom is 0.248 e. The van der Waals surface area contributed by atoms with E-state index in [1.165, 1.54) is 7.11 Å². The number of ether oxygens (including phenoxy) is 1. The molecule has 0 spiro atoms. The number of anilines is 1. The molecule has 2 saturated heterocycles. The SMILES string of the molecule is COCC(=O)N1CCCC(C(=O)N2CCN(c3ccccn3)CC2)CCNC(=O)CC1. The van der Waals surface area contributed by atoms with Crippen LogP contribution in [0, 0.1) is 5.92 Å². The lowest BCUT2D eigenvalue weighted by Crippen LogP contribution is -2.51. The predicted octanol–water partition coefficient (Wildman–Crippen LogP) is 0.512. The molecule has 31 heavy (non-hydrogen) atoms. The number of carbonyl (C=O) groups excluding carboxylic acids is 3. The fourth-order valence-electron chi connectivity index (χ4n) is 4.16. The highest BCUT2D eigenvalue weighted by Gasteiger charge is 2.28. The molecule has 1 N–H and O–H groups in total. The van der Waals surface area contributed by atoms with Gasteiger partial charge in [0.15, 0.2) is 0 Å². The zero-order chi connectivity index (χ0) is 22.1. The summed E-state index contributed by atoms with van der Waals surface area (Å²) in [5.74, 6) is 0.714. The number of nitrogens with one attached hydrogen (secondary N) is 1. The van der Waals surface area contributed by atoms with Gasteiger partial charge in [-0.15, -0.1) is 0 Å². The van der Waals surface area contributed by atoms with Crippen LogP contribution in [0.15, 0.2) is 24.4 Å². The van der Waals surface area contributed by atoms with Gasteiger partial charge in [0.2, 0.25) is 17.7 Å². The summed E-state index contributed by atoms with van der Waals surface area (Å²) in [5.41, 5.74) is 0. The second-order valence-electron chi connectivity index (χ2n) is 8.04. The first-order valence-electron chi connectivity index (χ1n) is 11.1. The van der Waals surface area contributed by atoms with Gasteiger partial charge in [-0.2, -0.15) is 0 Å². The fraction of sp³-hybridized carbons (Fsp3) is 0.636. The van der Waals surface area contributed by atoms with Crippen molar-refractivity contribution in [3.05, 3.63) is 24.4 Å². The Morgan fingerprint density at radius 3 is 2.61 bits per heavy atom. The van der Waals surface area contributed by atoms with E-state index in [0.29, 0.717) is 45.6 Å². The Balaban J connectivity index is 1.56. The van der Waals surface area contributed by atoms with Gasteiger partial charge < -0.3 is 24.8 Å². The summed E-state index contributed by atoms with van der Waals surface area (Å²) in [6.07, 6.45) is 4.10. The van der Waals surface area contributed by atoms with E-state index in [1.54, 1.807) is 11.1 Å². The van der Waals surface area contributed by atoms with Crippen LogP contribution in [0.5, 0.6) is 0 Å². The largest absolute Gasteiger partial charge is 0.375 e. The zero-order valence-corrected chi connectivity index (χ0v) is 18.3. The van der Waals surface area contributed by atoms with Crippen molar-refractivity contribution >= 4 is 23.5 Å². The van der Waals surface area contributed by atoms with Gasteiger partial charge in [0, 0.05) is 71.5 Å². The molecule has 0 radical (unpaired) electrons. The van der Waals surface area contributed by atoms with Crippen LogP contribution in [0.4, 0.5) is 5.82 Å². The topological polar surface area (TPSA) is 95.1 Å². The second kappa shape index (κ2) is 11.6. The number of hydrogen-bond acceptors (Lipinski definition) is 6. The maximum absolute atomic E-state index is 13.2. The molecule has 9 nitrogen and oxygen atoms in total. The highest BCUT2D eigenvalue weighted by molar-refractivity contribution is 5.81. The number of methoxy groups -OCH3 is 1. The summed E-state index contributed by atoms with van der Waals surface area (Å²) >= 11 is 0. The Bertz CT molecular complexity index is 737. The van der Waals surface area contributed by atoms with Gasteiger partial charge in [0.25, 0.3) is 0 Å². The van der Waals surface area contributed by atoms with Crippen LogP contribution in [0.2, 0.25) is 0 Å². The standard InChI is InChI=1S/C22H33N5O4/c1-31-17-21(29)26-11-4-5-18(7-10-24-20(28)8-12-26)22(30)27-15-13-25(14-16-27)19-6-2-3-9-23-19/h2-3,6,9,18H,4-5,7-8,10-17H2,1H3,(H,24,28). The van der Waals surface area contributed by atoms with Crippen LogP contribution in [-0.2, 0) is 19.1 Å². The van der Waals surface area contributed by atoms with Crippen LogP contribution in [0.3, 0.4) is 0 Å². The monoisotopic (exact) mass is 431 g/mol. The highest BCUT2D eigenvalue weighted by atomic mass is 16.5. The molecular formula is C22H33N5O4. The summed E-state index contributed by atoms with van der Waals surface area (Å²) in [6.45, 7) is 4.24. The molecule has 3 rings (SSSR count). The third-order valence-corrected chi connectivity index (χ3v) is 5.94. The first kappa shape index (κ1) is 23.0. The minimum atomic E-state index is -0.154. The minimum Gasteiger partial charge on any atom is -0.375 e. The first-order chi connectivity index (χ1) is 15.1. The Hall–Kier alpha value is -2.68. The first-order valence-corrected chi connectivity index (χ1v) is 11.1. The van der Waals surface area contributed by atoms with E-state index in [4.69, 9.17) is 4.74 Å². The third-order valence-electron chi connectivity index (χ3n) is 5.94. The molecule has 1 aromatic rings. The number of rotatable bonds is 4. The van der Waals surface area contributed by atoms with E-state index < -0.39 is 0 Å². The molecule has 1 aromatic heterocycles. The van der Waals surface area contributed by atoms with E-state index in [-0.39, 0.29) is 36.7 Å². The van der Waals surface area contributed by atoms with Gasteiger partial charge in [-0.25, -0.2) is 4.98 Å². The van der Waals surface area contributed by atoms with Gasteiger partial charge in [0.1, 0.15) is 12.4 Å². The lowest BCUT2D eigenvalue weighted by Gasteiger charge is -2.37. The van der Waals surface area contributed by atoms with Gasteiger partial charge in [-0.1, -0.05) is 6.07 Å². The van der Waals surface area contributed by atoms with Gasteiger partial charge in [-0.3, -0.25) is 14.4 Å². The lowest BCUT2D eigenvalue weighted by molar-refractivity contribution is -0.136. The third kappa shape index (κ3) is 6.65. The highest BCUT2D eigenvalue weighted by Crippen LogP contribution is 2.19. The Morgan fingerprint density at radius 1 is 1.10 bits per heavy atom. The summed E-state index contributed by atoms with van der Waals surface area (Å²) in [6, 6.07) is 5.85. The van der Waals surface area contributed by atoms with Crippen molar-refractivity contribution in [3.63, 3.8) is 0 Å². The van der Waals surface area contributed by atoms with Crippen molar-refractivity contribution < 1.29 is 19.1 Å². The van der Waals surface area contributed by atoms with Crippen LogP contribution < -0.4 is 10.2 Å². The number of nitrogens with zero attached hydrogens (tertiary/aromatic N) is 4. The second-order valence-corrected chi connectivity index (χ2v) is 8.04. The van der Waals surface area contributed by atoms with Crippen molar-refractivity contribution in [1.82, 2.24) is 20.1 Å². The van der Waals surface area contributed by atoms with E-state index in [0.717, 1.165) is 25.3 Å².